The second-order valence-electron chi connectivity index (χ2n) is 3.59. The minimum absolute atomic E-state index is 0.0851. The Morgan fingerprint density at radius 3 is 2.81 bits per heavy atom. The molecule has 0 saturated carbocycles. The molecule has 0 spiro atoms. The van der Waals surface area contributed by atoms with Crippen LogP contribution in [0.15, 0.2) is 22.4 Å². The van der Waals surface area contributed by atoms with E-state index in [0.29, 0.717) is 6.54 Å². The highest BCUT2D eigenvalue weighted by Crippen LogP contribution is 2.07. The average Bonchev–Trinajstić information content (AvgIpc) is 2.86. The Morgan fingerprint density at radius 2 is 2.25 bits per heavy atom. The molecule has 0 radical (unpaired) electrons. The van der Waals surface area contributed by atoms with E-state index in [1.54, 1.807) is 4.57 Å². The highest BCUT2D eigenvalue weighted by atomic mass is 32.1. The number of aromatic nitrogens is 3. The molecule has 0 saturated heterocycles. The molecule has 0 atom stereocenters. The smallest absolute Gasteiger partial charge is 0.300 e. The van der Waals surface area contributed by atoms with Crippen LogP contribution in [0.2, 0.25) is 0 Å². The van der Waals surface area contributed by atoms with Crippen molar-refractivity contribution >= 4 is 11.3 Å². The summed E-state index contributed by atoms with van der Waals surface area (Å²) in [4.78, 5) is 11.5. The van der Waals surface area contributed by atoms with E-state index in [1.807, 2.05) is 16.3 Å². The summed E-state index contributed by atoms with van der Waals surface area (Å²) in [5.74, 6) is 0. The molecule has 0 aliphatic heterocycles. The lowest BCUT2D eigenvalue weighted by atomic mass is 10.3. The number of aryl methyl sites for hydroxylation is 2. The van der Waals surface area contributed by atoms with Gasteiger partial charge >= 0.3 is 4.87 Å². The zero-order chi connectivity index (χ0) is 11.5. The van der Waals surface area contributed by atoms with Gasteiger partial charge in [0.15, 0.2) is 0 Å². The van der Waals surface area contributed by atoms with E-state index in [1.165, 1.54) is 11.3 Å². The van der Waals surface area contributed by atoms with Gasteiger partial charge in [0.25, 0.3) is 0 Å². The van der Waals surface area contributed by atoms with Crippen molar-refractivity contribution in [1.29, 1.82) is 0 Å². The number of thiazole rings is 1. The molecule has 2 rings (SSSR count). The van der Waals surface area contributed by atoms with Crippen LogP contribution in [0.5, 0.6) is 0 Å². The standard InChI is InChI=1S/C11H15N3OS/c1-3-9-7-10(14(4-2)12-9)8-13-5-6-16-11(13)15/h5-7H,3-4,8H2,1-2H3. The fourth-order valence-corrected chi connectivity index (χ4v) is 2.26. The maximum atomic E-state index is 11.5. The van der Waals surface area contributed by atoms with Gasteiger partial charge in [-0.3, -0.25) is 14.0 Å². The number of rotatable bonds is 4. The van der Waals surface area contributed by atoms with Gasteiger partial charge < -0.3 is 0 Å². The second-order valence-corrected chi connectivity index (χ2v) is 4.45. The third-order valence-corrected chi connectivity index (χ3v) is 3.25. The zero-order valence-electron chi connectivity index (χ0n) is 9.51. The van der Waals surface area contributed by atoms with Crippen molar-refractivity contribution in [2.75, 3.05) is 0 Å². The predicted octanol–water partition coefficient (Wildman–Crippen LogP) is 1.74. The fourth-order valence-electron chi connectivity index (χ4n) is 1.67. The highest BCUT2D eigenvalue weighted by Gasteiger charge is 2.07. The molecule has 0 amide bonds. The number of hydrogen-bond acceptors (Lipinski definition) is 3. The molecular formula is C11H15N3OS. The van der Waals surface area contributed by atoms with Gasteiger partial charge in [-0.15, -0.1) is 0 Å². The molecule has 0 bridgehead atoms. The molecule has 2 aromatic heterocycles. The molecule has 0 fully saturated rings. The summed E-state index contributed by atoms with van der Waals surface area (Å²) >= 11 is 1.23. The van der Waals surface area contributed by atoms with Gasteiger partial charge in [0, 0.05) is 18.1 Å². The molecule has 2 heterocycles. The average molecular weight is 237 g/mol. The van der Waals surface area contributed by atoms with Crippen LogP contribution in [0.3, 0.4) is 0 Å². The Morgan fingerprint density at radius 1 is 1.44 bits per heavy atom. The molecule has 0 N–H and O–H groups in total. The normalized spacial score (nSPS) is 10.9. The molecule has 0 aliphatic rings. The summed E-state index contributed by atoms with van der Waals surface area (Å²) in [7, 11) is 0. The SMILES string of the molecule is CCc1cc(Cn2ccsc2=O)n(CC)n1. The van der Waals surface area contributed by atoms with Crippen LogP contribution >= 0.6 is 11.3 Å². The van der Waals surface area contributed by atoms with Gasteiger partial charge in [0.1, 0.15) is 0 Å². The van der Waals surface area contributed by atoms with E-state index in [2.05, 4.69) is 25.0 Å². The maximum Gasteiger partial charge on any atom is 0.307 e. The van der Waals surface area contributed by atoms with Crippen LogP contribution in [0, 0.1) is 0 Å². The first-order valence-electron chi connectivity index (χ1n) is 5.44. The van der Waals surface area contributed by atoms with Crippen LogP contribution in [-0.2, 0) is 19.5 Å². The van der Waals surface area contributed by atoms with Gasteiger partial charge in [-0.2, -0.15) is 5.10 Å². The van der Waals surface area contributed by atoms with E-state index in [4.69, 9.17) is 0 Å². The molecule has 0 aromatic carbocycles. The van der Waals surface area contributed by atoms with Crippen molar-refractivity contribution in [3.63, 3.8) is 0 Å². The Kier molecular flexibility index (Phi) is 3.24. The molecular weight excluding hydrogens is 222 g/mol. The van der Waals surface area contributed by atoms with E-state index in [-0.39, 0.29) is 4.87 Å². The monoisotopic (exact) mass is 237 g/mol. The Hall–Kier alpha value is -1.36. The van der Waals surface area contributed by atoms with Crippen LogP contribution in [0.1, 0.15) is 25.2 Å². The molecule has 0 unspecified atom stereocenters. The molecule has 5 heteroatoms. The van der Waals surface area contributed by atoms with Crippen molar-refractivity contribution in [3.8, 4) is 0 Å². The lowest BCUT2D eigenvalue weighted by Gasteiger charge is -2.04. The first kappa shape index (κ1) is 11.1. The lowest BCUT2D eigenvalue weighted by molar-refractivity contribution is 0.593. The quantitative estimate of drug-likeness (QED) is 0.812. The van der Waals surface area contributed by atoms with E-state index < -0.39 is 0 Å². The Labute approximate surface area is 98.2 Å². The summed E-state index contributed by atoms with van der Waals surface area (Å²) in [5.41, 5.74) is 2.18. The zero-order valence-corrected chi connectivity index (χ0v) is 10.3. The van der Waals surface area contributed by atoms with Crippen molar-refractivity contribution in [1.82, 2.24) is 14.3 Å². The van der Waals surface area contributed by atoms with Crippen LogP contribution in [0.25, 0.3) is 0 Å². The Bertz CT molecular complexity index is 523. The maximum absolute atomic E-state index is 11.5. The van der Waals surface area contributed by atoms with Gasteiger partial charge in [0.2, 0.25) is 0 Å². The Balaban J connectivity index is 2.30. The fraction of sp³-hybridized carbons (Fsp3) is 0.455. The van der Waals surface area contributed by atoms with Crippen LogP contribution < -0.4 is 4.87 Å². The number of hydrogen-bond donors (Lipinski definition) is 0. The van der Waals surface area contributed by atoms with Gasteiger partial charge in [-0.1, -0.05) is 18.3 Å². The summed E-state index contributed by atoms with van der Waals surface area (Å²) < 4.78 is 3.68. The molecule has 16 heavy (non-hydrogen) atoms. The predicted molar refractivity (Wildman–Crippen MR) is 65.0 cm³/mol. The van der Waals surface area contributed by atoms with Crippen molar-refractivity contribution < 1.29 is 0 Å². The topological polar surface area (TPSA) is 39.8 Å². The van der Waals surface area contributed by atoms with Gasteiger partial charge in [-0.05, 0) is 19.4 Å². The van der Waals surface area contributed by atoms with Crippen molar-refractivity contribution in [2.24, 2.45) is 0 Å². The summed E-state index contributed by atoms with van der Waals surface area (Å²) in [5, 5.41) is 6.28. The van der Waals surface area contributed by atoms with Crippen LogP contribution in [-0.4, -0.2) is 14.3 Å². The minimum atomic E-state index is 0.0851. The summed E-state index contributed by atoms with van der Waals surface area (Å²) in [6.07, 6.45) is 2.75. The first-order valence-corrected chi connectivity index (χ1v) is 6.32. The highest BCUT2D eigenvalue weighted by molar-refractivity contribution is 7.07. The van der Waals surface area contributed by atoms with Crippen molar-refractivity contribution in [3.05, 3.63) is 38.7 Å². The molecule has 86 valence electrons. The molecule has 2 aromatic rings. The third kappa shape index (κ3) is 2.09. The lowest BCUT2D eigenvalue weighted by Crippen LogP contribution is -2.15. The molecule has 4 nitrogen and oxygen atoms in total. The summed E-state index contributed by atoms with van der Waals surface area (Å²) in [6, 6.07) is 2.08. The molecule has 0 aliphatic carbocycles. The van der Waals surface area contributed by atoms with Crippen LogP contribution in [0.4, 0.5) is 0 Å². The van der Waals surface area contributed by atoms with Gasteiger partial charge in [0.05, 0.1) is 17.9 Å². The first-order chi connectivity index (χ1) is 7.74. The van der Waals surface area contributed by atoms with Gasteiger partial charge in [-0.25, -0.2) is 0 Å². The van der Waals surface area contributed by atoms with E-state index in [0.717, 1.165) is 24.4 Å². The number of nitrogens with zero attached hydrogens (tertiary/aromatic N) is 3. The van der Waals surface area contributed by atoms with Crippen molar-refractivity contribution in [2.45, 2.75) is 33.4 Å². The summed E-state index contributed by atoms with van der Waals surface area (Å²) in [6.45, 7) is 5.60. The third-order valence-electron chi connectivity index (χ3n) is 2.55. The minimum Gasteiger partial charge on any atom is -0.300 e. The van der Waals surface area contributed by atoms with E-state index >= 15 is 0 Å². The van der Waals surface area contributed by atoms with E-state index in [9.17, 15) is 4.79 Å². The second kappa shape index (κ2) is 4.65. The largest absolute Gasteiger partial charge is 0.307 e.